The minimum absolute atomic E-state index is 0. The molecule has 1 fully saturated rings. The molecule has 1 saturated heterocycles. The molecule has 1 aromatic rings. The molecule has 1 heterocycles. The third-order valence-electron chi connectivity index (χ3n) is 3.55. The van der Waals surface area contributed by atoms with Gasteiger partial charge in [-0.25, -0.2) is 0 Å². The number of ether oxygens (including phenoxy) is 1. The molecular formula is C15H22ClN3O3. The Balaban J connectivity index is 0.00000242. The summed E-state index contributed by atoms with van der Waals surface area (Å²) >= 11 is 0. The van der Waals surface area contributed by atoms with E-state index in [0.717, 1.165) is 12.0 Å². The van der Waals surface area contributed by atoms with Crippen molar-refractivity contribution in [3.63, 3.8) is 0 Å². The van der Waals surface area contributed by atoms with E-state index in [1.165, 1.54) is 0 Å². The second kappa shape index (κ2) is 8.73. The first-order valence-electron chi connectivity index (χ1n) is 7.08. The van der Waals surface area contributed by atoms with E-state index < -0.39 is 6.10 Å². The Morgan fingerprint density at radius 1 is 1.36 bits per heavy atom. The molecule has 122 valence electrons. The van der Waals surface area contributed by atoms with E-state index in [0.29, 0.717) is 25.1 Å². The van der Waals surface area contributed by atoms with Crippen LogP contribution in [0.15, 0.2) is 24.3 Å². The molecule has 0 bridgehead atoms. The largest absolute Gasteiger partial charge is 0.364 e. The van der Waals surface area contributed by atoms with E-state index in [4.69, 9.17) is 10.5 Å². The van der Waals surface area contributed by atoms with E-state index >= 15 is 0 Å². The lowest BCUT2D eigenvalue weighted by Gasteiger charge is -2.13. The summed E-state index contributed by atoms with van der Waals surface area (Å²) in [5.41, 5.74) is 6.97. The van der Waals surface area contributed by atoms with Crippen molar-refractivity contribution in [2.75, 3.05) is 13.6 Å². The summed E-state index contributed by atoms with van der Waals surface area (Å²) in [6.07, 6.45) is 1.09. The number of rotatable bonds is 5. The van der Waals surface area contributed by atoms with Crippen LogP contribution >= 0.6 is 12.4 Å². The number of hydrogen-bond donors (Lipinski definition) is 3. The molecule has 0 radical (unpaired) electrons. The van der Waals surface area contributed by atoms with Crippen LogP contribution in [0.2, 0.25) is 0 Å². The molecule has 0 spiro atoms. The molecule has 2 amide bonds. The van der Waals surface area contributed by atoms with Crippen molar-refractivity contribution in [1.82, 2.24) is 10.6 Å². The highest BCUT2D eigenvalue weighted by Gasteiger charge is 2.29. The Morgan fingerprint density at radius 2 is 2.14 bits per heavy atom. The molecule has 6 nitrogen and oxygen atoms in total. The first kappa shape index (κ1) is 18.4. The normalized spacial score (nSPS) is 20.1. The third-order valence-corrected chi connectivity index (χ3v) is 3.55. The second-order valence-corrected chi connectivity index (χ2v) is 5.06. The van der Waals surface area contributed by atoms with Gasteiger partial charge in [0.15, 0.2) is 0 Å². The van der Waals surface area contributed by atoms with Gasteiger partial charge in [0.2, 0.25) is 5.91 Å². The van der Waals surface area contributed by atoms with E-state index in [1.807, 2.05) is 6.07 Å². The van der Waals surface area contributed by atoms with Crippen molar-refractivity contribution in [1.29, 1.82) is 0 Å². The van der Waals surface area contributed by atoms with Crippen LogP contribution in [0.3, 0.4) is 0 Å². The maximum Gasteiger partial charge on any atom is 0.251 e. The molecule has 7 heteroatoms. The second-order valence-electron chi connectivity index (χ2n) is 5.06. The van der Waals surface area contributed by atoms with Crippen LogP contribution in [0.5, 0.6) is 0 Å². The quantitative estimate of drug-likeness (QED) is 0.738. The number of nitrogens with one attached hydrogen (secondary N) is 2. The van der Waals surface area contributed by atoms with Crippen molar-refractivity contribution in [2.45, 2.75) is 31.6 Å². The zero-order chi connectivity index (χ0) is 15.2. The van der Waals surface area contributed by atoms with Gasteiger partial charge >= 0.3 is 0 Å². The fourth-order valence-electron chi connectivity index (χ4n) is 2.34. The van der Waals surface area contributed by atoms with Gasteiger partial charge in [-0.1, -0.05) is 12.1 Å². The molecule has 0 saturated carbocycles. The predicted molar refractivity (Wildman–Crippen MR) is 85.9 cm³/mol. The van der Waals surface area contributed by atoms with Gasteiger partial charge in [0.05, 0.1) is 6.10 Å². The fraction of sp³-hybridized carbons (Fsp3) is 0.467. The van der Waals surface area contributed by atoms with E-state index in [9.17, 15) is 9.59 Å². The molecule has 2 atom stereocenters. The lowest BCUT2D eigenvalue weighted by Crippen LogP contribution is -2.35. The summed E-state index contributed by atoms with van der Waals surface area (Å²) in [7, 11) is 1.59. The molecular weight excluding hydrogens is 306 g/mol. The molecule has 4 N–H and O–H groups in total. The highest BCUT2D eigenvalue weighted by atomic mass is 35.5. The Bertz CT molecular complexity index is 525. The molecule has 22 heavy (non-hydrogen) atoms. The summed E-state index contributed by atoms with van der Waals surface area (Å²) in [4.78, 5) is 23.6. The third kappa shape index (κ3) is 4.69. The molecule has 2 rings (SSSR count). The number of amides is 2. The first-order valence-corrected chi connectivity index (χ1v) is 7.08. The molecule has 0 aromatic heterocycles. The minimum Gasteiger partial charge on any atom is -0.364 e. The van der Waals surface area contributed by atoms with Crippen molar-refractivity contribution in [3.05, 3.63) is 35.4 Å². The van der Waals surface area contributed by atoms with Crippen LogP contribution in [0.1, 0.15) is 28.8 Å². The number of nitrogens with two attached hydrogens (primary N) is 1. The van der Waals surface area contributed by atoms with Gasteiger partial charge in [0, 0.05) is 25.7 Å². The zero-order valence-corrected chi connectivity index (χ0v) is 13.3. The van der Waals surface area contributed by atoms with Crippen LogP contribution in [-0.2, 0) is 16.1 Å². The summed E-state index contributed by atoms with van der Waals surface area (Å²) in [6, 6.07) is 7.15. The number of halogens is 1. The number of carbonyl (C=O) groups excluding carboxylic acids is 2. The van der Waals surface area contributed by atoms with Gasteiger partial charge in [-0.3, -0.25) is 9.59 Å². The Kier molecular flexibility index (Phi) is 7.31. The highest BCUT2D eigenvalue weighted by molar-refractivity contribution is 5.94. The first-order chi connectivity index (χ1) is 10.1. The molecule has 1 aromatic carbocycles. The summed E-state index contributed by atoms with van der Waals surface area (Å²) in [5.74, 6) is -0.274. The van der Waals surface area contributed by atoms with E-state index in [2.05, 4.69) is 10.6 Å². The zero-order valence-electron chi connectivity index (χ0n) is 12.5. The molecule has 1 aliphatic heterocycles. The Morgan fingerprint density at radius 3 is 2.77 bits per heavy atom. The van der Waals surface area contributed by atoms with Crippen molar-refractivity contribution in [2.24, 2.45) is 5.73 Å². The number of carbonyl (C=O) groups is 2. The van der Waals surface area contributed by atoms with Crippen LogP contribution in [0, 0.1) is 0 Å². The van der Waals surface area contributed by atoms with Crippen molar-refractivity contribution < 1.29 is 14.3 Å². The maximum atomic E-state index is 12.0. The van der Waals surface area contributed by atoms with Crippen LogP contribution in [0.4, 0.5) is 0 Å². The molecule has 0 unspecified atom stereocenters. The maximum absolute atomic E-state index is 12.0. The summed E-state index contributed by atoms with van der Waals surface area (Å²) in [6.45, 7) is 0.814. The minimum atomic E-state index is -0.416. The average molecular weight is 328 g/mol. The lowest BCUT2D eigenvalue weighted by atomic mass is 10.1. The van der Waals surface area contributed by atoms with Gasteiger partial charge < -0.3 is 21.1 Å². The van der Waals surface area contributed by atoms with Gasteiger partial charge in [-0.2, -0.15) is 0 Å². The van der Waals surface area contributed by atoms with E-state index in [1.54, 1.807) is 25.2 Å². The standard InChI is InChI=1S/C15H21N3O3.ClH/c1-17-14(19)11-4-2-3-10(7-11)9-18-15(20)13-6-5-12(8-16)21-13;/h2-4,7,12-13H,5-6,8-9,16H2,1H3,(H,17,19)(H,18,20);1H/t12-,13+;/m1./s1. The van der Waals surface area contributed by atoms with Crippen LogP contribution in [0.25, 0.3) is 0 Å². The Labute approximate surface area is 136 Å². The van der Waals surface area contributed by atoms with Gasteiger partial charge in [0.25, 0.3) is 5.91 Å². The number of benzene rings is 1. The molecule has 0 aliphatic carbocycles. The monoisotopic (exact) mass is 327 g/mol. The lowest BCUT2D eigenvalue weighted by molar-refractivity contribution is -0.132. The van der Waals surface area contributed by atoms with Gasteiger partial charge in [0.1, 0.15) is 6.10 Å². The van der Waals surface area contributed by atoms with E-state index in [-0.39, 0.29) is 30.3 Å². The van der Waals surface area contributed by atoms with Gasteiger partial charge in [-0.05, 0) is 30.5 Å². The van der Waals surface area contributed by atoms with Crippen LogP contribution < -0.4 is 16.4 Å². The Hall–Kier alpha value is -1.63. The van der Waals surface area contributed by atoms with Crippen molar-refractivity contribution >= 4 is 24.2 Å². The fourth-order valence-corrected chi connectivity index (χ4v) is 2.34. The summed E-state index contributed by atoms with van der Waals surface area (Å²) in [5, 5.41) is 5.40. The number of hydrogen-bond acceptors (Lipinski definition) is 4. The van der Waals surface area contributed by atoms with Crippen molar-refractivity contribution in [3.8, 4) is 0 Å². The average Bonchev–Trinajstić information content (AvgIpc) is 3.01. The van der Waals surface area contributed by atoms with Gasteiger partial charge in [-0.15, -0.1) is 12.4 Å². The van der Waals surface area contributed by atoms with Crippen LogP contribution in [-0.4, -0.2) is 37.6 Å². The highest BCUT2D eigenvalue weighted by Crippen LogP contribution is 2.19. The summed E-state index contributed by atoms with van der Waals surface area (Å²) < 4.78 is 5.54. The predicted octanol–water partition coefficient (Wildman–Crippen LogP) is 0.590. The SMILES string of the molecule is CNC(=O)c1cccc(CNC(=O)[C@@H]2CC[C@H](CN)O2)c1.Cl. The topological polar surface area (TPSA) is 93.5 Å². The smallest absolute Gasteiger partial charge is 0.251 e. The molecule has 1 aliphatic rings.